The van der Waals surface area contributed by atoms with Gasteiger partial charge < -0.3 is 5.73 Å². The molecule has 0 amide bonds. The molecule has 17 heavy (non-hydrogen) atoms. The van der Waals surface area contributed by atoms with E-state index < -0.39 is 14.9 Å². The number of allylic oxidation sites excluding steroid dienone is 1. The van der Waals surface area contributed by atoms with E-state index in [2.05, 4.69) is 4.72 Å². The second-order valence-electron chi connectivity index (χ2n) is 3.06. The van der Waals surface area contributed by atoms with E-state index >= 15 is 0 Å². The molecule has 0 unspecified atom stereocenters. The number of hydrogen-bond donors (Lipinski definition) is 2. The molecule has 0 saturated heterocycles. The highest BCUT2D eigenvalue weighted by Crippen LogP contribution is 2.15. The molecular weight excluding hydrogens is 262 g/mol. The van der Waals surface area contributed by atoms with Crippen molar-refractivity contribution in [3.63, 3.8) is 0 Å². The van der Waals surface area contributed by atoms with Crippen LogP contribution in [0.4, 0.5) is 0 Å². The summed E-state index contributed by atoms with van der Waals surface area (Å²) in [4.78, 5) is -0.524. The van der Waals surface area contributed by atoms with Gasteiger partial charge in [0.1, 0.15) is 6.07 Å². The Morgan fingerprint density at radius 3 is 2.71 bits per heavy atom. The standard InChI is InChI=1S/C10H10ClN3O2S/c11-10-4-2-1-3-8(10)7-14-17(15,16)9(5-12)6-13/h1-5,14H,7,12H2/b9-5+. The molecule has 0 heterocycles. The molecule has 0 fully saturated rings. The Hall–Kier alpha value is -1.55. The summed E-state index contributed by atoms with van der Waals surface area (Å²) in [5, 5.41) is 9.02. The Kier molecular flexibility index (Phi) is 4.52. The van der Waals surface area contributed by atoms with E-state index in [4.69, 9.17) is 22.6 Å². The number of sulfonamides is 1. The first-order chi connectivity index (χ1) is 8.01. The minimum Gasteiger partial charge on any atom is -0.403 e. The highest BCUT2D eigenvalue weighted by Gasteiger charge is 2.16. The smallest absolute Gasteiger partial charge is 0.252 e. The quantitative estimate of drug-likeness (QED) is 0.801. The van der Waals surface area contributed by atoms with Crippen molar-refractivity contribution in [1.82, 2.24) is 4.72 Å². The van der Waals surface area contributed by atoms with Crippen LogP contribution in [0.15, 0.2) is 35.4 Å². The van der Waals surface area contributed by atoms with Crippen molar-refractivity contribution in [1.29, 1.82) is 5.26 Å². The monoisotopic (exact) mass is 271 g/mol. The maximum absolute atomic E-state index is 11.6. The maximum Gasteiger partial charge on any atom is 0.252 e. The van der Waals surface area contributed by atoms with Crippen molar-refractivity contribution in [3.05, 3.63) is 46.0 Å². The summed E-state index contributed by atoms with van der Waals surface area (Å²) in [6.07, 6.45) is 0.745. The molecule has 1 aromatic carbocycles. The molecule has 90 valence electrons. The average molecular weight is 272 g/mol. The number of halogens is 1. The first-order valence-corrected chi connectivity index (χ1v) is 6.42. The zero-order chi connectivity index (χ0) is 12.9. The van der Waals surface area contributed by atoms with Crippen LogP contribution >= 0.6 is 11.6 Å². The molecular formula is C10H10ClN3O2S. The first-order valence-electron chi connectivity index (χ1n) is 4.56. The second-order valence-corrected chi connectivity index (χ2v) is 5.20. The van der Waals surface area contributed by atoms with Gasteiger partial charge in [-0.3, -0.25) is 0 Å². The Bertz CT molecular complexity index is 575. The fourth-order valence-electron chi connectivity index (χ4n) is 1.08. The maximum atomic E-state index is 11.6. The number of rotatable bonds is 4. The average Bonchev–Trinajstić information content (AvgIpc) is 2.29. The predicted octanol–water partition coefficient (Wildman–Crippen LogP) is 1.08. The van der Waals surface area contributed by atoms with Gasteiger partial charge in [0.15, 0.2) is 4.91 Å². The van der Waals surface area contributed by atoms with Crippen molar-refractivity contribution in [2.75, 3.05) is 0 Å². The van der Waals surface area contributed by atoms with Crippen LogP contribution in [0.5, 0.6) is 0 Å². The number of hydrogen-bond acceptors (Lipinski definition) is 4. The lowest BCUT2D eigenvalue weighted by molar-refractivity contribution is 0.589. The number of nitriles is 1. The molecule has 0 aliphatic carbocycles. The molecule has 0 atom stereocenters. The molecule has 7 heteroatoms. The zero-order valence-corrected chi connectivity index (χ0v) is 10.3. The topological polar surface area (TPSA) is 96.0 Å². The Morgan fingerprint density at radius 2 is 2.18 bits per heavy atom. The van der Waals surface area contributed by atoms with Crippen LogP contribution in [-0.4, -0.2) is 8.42 Å². The summed E-state index contributed by atoms with van der Waals surface area (Å²) in [7, 11) is -3.87. The van der Waals surface area contributed by atoms with E-state index in [1.165, 1.54) is 6.07 Å². The lowest BCUT2D eigenvalue weighted by Crippen LogP contribution is -2.24. The molecule has 0 aromatic heterocycles. The van der Waals surface area contributed by atoms with Gasteiger partial charge in [-0.25, -0.2) is 13.1 Å². The Balaban J connectivity index is 2.83. The van der Waals surface area contributed by atoms with Crippen LogP contribution in [0, 0.1) is 11.3 Å². The summed E-state index contributed by atoms with van der Waals surface area (Å²) in [5.41, 5.74) is 5.66. The molecule has 0 aliphatic heterocycles. The molecule has 0 spiro atoms. The number of benzene rings is 1. The fraction of sp³-hybridized carbons (Fsp3) is 0.100. The Labute approximate surface area is 105 Å². The van der Waals surface area contributed by atoms with Crippen molar-refractivity contribution < 1.29 is 8.42 Å². The largest absolute Gasteiger partial charge is 0.403 e. The zero-order valence-electron chi connectivity index (χ0n) is 8.72. The van der Waals surface area contributed by atoms with Crippen LogP contribution in [0.3, 0.4) is 0 Å². The molecule has 1 rings (SSSR count). The first kappa shape index (κ1) is 13.5. The number of nitrogens with zero attached hydrogens (tertiary/aromatic N) is 1. The van der Waals surface area contributed by atoms with Crippen LogP contribution in [0.2, 0.25) is 5.02 Å². The van der Waals surface area contributed by atoms with E-state index in [0.717, 1.165) is 6.20 Å². The fourth-order valence-corrected chi connectivity index (χ4v) is 2.08. The van der Waals surface area contributed by atoms with Gasteiger partial charge in [0.25, 0.3) is 10.0 Å². The Morgan fingerprint density at radius 1 is 1.53 bits per heavy atom. The van der Waals surface area contributed by atoms with E-state index in [-0.39, 0.29) is 6.54 Å². The summed E-state index contributed by atoms with van der Waals surface area (Å²) in [6, 6.07) is 8.30. The van der Waals surface area contributed by atoms with E-state index in [1.807, 2.05) is 0 Å². The predicted molar refractivity (Wildman–Crippen MR) is 65.1 cm³/mol. The molecule has 0 aliphatic rings. The van der Waals surface area contributed by atoms with Gasteiger partial charge in [0.2, 0.25) is 0 Å². The summed E-state index contributed by atoms with van der Waals surface area (Å²) >= 11 is 5.86. The van der Waals surface area contributed by atoms with Crippen molar-refractivity contribution >= 4 is 21.6 Å². The highest BCUT2D eigenvalue weighted by atomic mass is 35.5. The van der Waals surface area contributed by atoms with Gasteiger partial charge in [-0.15, -0.1) is 0 Å². The molecule has 0 bridgehead atoms. The van der Waals surface area contributed by atoms with Crippen molar-refractivity contribution in [3.8, 4) is 6.07 Å². The summed E-state index contributed by atoms with van der Waals surface area (Å²) in [6.45, 7) is 0.00102. The molecule has 3 N–H and O–H groups in total. The summed E-state index contributed by atoms with van der Waals surface area (Å²) < 4.78 is 25.3. The lowest BCUT2D eigenvalue weighted by atomic mass is 10.2. The van der Waals surface area contributed by atoms with Crippen LogP contribution in [0.1, 0.15) is 5.56 Å². The molecule has 0 radical (unpaired) electrons. The van der Waals surface area contributed by atoms with Gasteiger partial charge in [-0.05, 0) is 11.6 Å². The van der Waals surface area contributed by atoms with Gasteiger partial charge in [-0.1, -0.05) is 29.8 Å². The number of nitrogens with two attached hydrogens (primary N) is 1. The highest BCUT2D eigenvalue weighted by molar-refractivity contribution is 7.93. The SMILES string of the molecule is N#C/C(=C\N)S(=O)(=O)NCc1ccccc1Cl. The summed E-state index contributed by atoms with van der Waals surface area (Å²) in [5.74, 6) is 0. The van der Waals surface area contributed by atoms with Crippen LogP contribution < -0.4 is 10.5 Å². The van der Waals surface area contributed by atoms with E-state index in [1.54, 1.807) is 24.3 Å². The third-order valence-electron chi connectivity index (χ3n) is 1.96. The van der Waals surface area contributed by atoms with Crippen LogP contribution in [-0.2, 0) is 16.6 Å². The minimum absolute atomic E-state index is 0.00102. The molecule has 5 nitrogen and oxygen atoms in total. The van der Waals surface area contributed by atoms with Crippen molar-refractivity contribution in [2.45, 2.75) is 6.54 Å². The lowest BCUT2D eigenvalue weighted by Gasteiger charge is -2.06. The van der Waals surface area contributed by atoms with E-state index in [0.29, 0.717) is 10.6 Å². The van der Waals surface area contributed by atoms with Gasteiger partial charge in [0, 0.05) is 17.8 Å². The van der Waals surface area contributed by atoms with Gasteiger partial charge in [0.05, 0.1) is 0 Å². The molecule has 1 aromatic rings. The third kappa shape index (κ3) is 3.46. The molecule has 0 saturated carbocycles. The van der Waals surface area contributed by atoms with Gasteiger partial charge >= 0.3 is 0 Å². The van der Waals surface area contributed by atoms with Crippen LogP contribution in [0.25, 0.3) is 0 Å². The second kappa shape index (κ2) is 5.68. The minimum atomic E-state index is -3.87. The number of nitrogens with one attached hydrogen (secondary N) is 1. The van der Waals surface area contributed by atoms with E-state index in [9.17, 15) is 8.42 Å². The van der Waals surface area contributed by atoms with Gasteiger partial charge in [-0.2, -0.15) is 5.26 Å². The third-order valence-corrected chi connectivity index (χ3v) is 3.66. The normalized spacial score (nSPS) is 12.1. The van der Waals surface area contributed by atoms with Crippen molar-refractivity contribution in [2.24, 2.45) is 5.73 Å².